The first-order chi connectivity index (χ1) is 11.7. The number of ether oxygens (including phenoxy) is 3. The number of carbonyl (C=O) groups excluding carboxylic acids is 3. The molecule has 0 spiro atoms. The van der Waals surface area contributed by atoms with E-state index in [1.54, 1.807) is 6.92 Å². The minimum Gasteiger partial charge on any atom is -0.463 e. The molecule has 2 rings (SSSR count). The summed E-state index contributed by atoms with van der Waals surface area (Å²) in [5, 5.41) is 0. The molecule has 0 aromatic carbocycles. The van der Waals surface area contributed by atoms with Gasteiger partial charge in [-0.15, -0.1) is 0 Å². The van der Waals surface area contributed by atoms with E-state index in [1.807, 2.05) is 13.0 Å². The number of hydrogen-bond acceptors (Lipinski definition) is 6. The average Bonchev–Trinajstić information content (AvgIpc) is 2.64. The Morgan fingerprint density at radius 3 is 2.56 bits per heavy atom. The molecule has 5 unspecified atom stereocenters. The van der Waals surface area contributed by atoms with Crippen molar-refractivity contribution in [3.8, 4) is 0 Å². The molecule has 6 nitrogen and oxygen atoms in total. The Morgan fingerprint density at radius 2 is 1.96 bits per heavy atom. The summed E-state index contributed by atoms with van der Waals surface area (Å²) in [5.41, 5.74) is 1.49. The summed E-state index contributed by atoms with van der Waals surface area (Å²) in [7, 11) is 0. The molecule has 0 saturated carbocycles. The molecule has 6 heteroatoms. The quantitative estimate of drug-likeness (QED) is 0.328. The molecule has 1 heterocycles. The maximum absolute atomic E-state index is 11.7. The zero-order chi connectivity index (χ0) is 18.7. The lowest BCUT2D eigenvalue weighted by Gasteiger charge is -2.27. The van der Waals surface area contributed by atoms with Crippen LogP contribution in [0.3, 0.4) is 0 Å². The molecule has 1 saturated heterocycles. The Labute approximate surface area is 148 Å². The van der Waals surface area contributed by atoms with Gasteiger partial charge in [-0.25, -0.2) is 4.79 Å². The highest BCUT2D eigenvalue weighted by Gasteiger charge is 2.41. The van der Waals surface area contributed by atoms with Crippen LogP contribution in [0, 0.1) is 11.8 Å². The lowest BCUT2D eigenvalue weighted by atomic mass is 9.88. The number of allylic oxidation sites excluding steroid dienone is 1. The van der Waals surface area contributed by atoms with Crippen molar-refractivity contribution in [3.63, 3.8) is 0 Å². The van der Waals surface area contributed by atoms with E-state index in [2.05, 4.69) is 6.58 Å². The van der Waals surface area contributed by atoms with Crippen LogP contribution in [-0.2, 0) is 28.6 Å². The van der Waals surface area contributed by atoms with Crippen molar-refractivity contribution in [1.82, 2.24) is 0 Å². The summed E-state index contributed by atoms with van der Waals surface area (Å²) in [6.07, 6.45) is 2.67. The van der Waals surface area contributed by atoms with Crippen LogP contribution in [0.15, 0.2) is 23.8 Å². The molecule has 0 aromatic rings. The standard InChI is InChI=1S/C19H26O6/c1-10-8-17-16(12(3)19(22)25-17)7-6-15(10)18(24-14(5)21)9-11(2)23-13(4)20/h6,10-11,16-18H,3,7-9H2,1-2,4-5H3. The van der Waals surface area contributed by atoms with Gasteiger partial charge < -0.3 is 14.2 Å². The normalized spacial score (nSPS) is 28.2. The minimum absolute atomic E-state index is 0.0312. The van der Waals surface area contributed by atoms with Crippen LogP contribution in [0.4, 0.5) is 0 Å². The van der Waals surface area contributed by atoms with Crippen LogP contribution in [0.2, 0.25) is 0 Å². The minimum atomic E-state index is -0.468. The summed E-state index contributed by atoms with van der Waals surface area (Å²) in [5.74, 6) is -1.03. The molecule has 0 radical (unpaired) electrons. The van der Waals surface area contributed by atoms with Crippen LogP contribution < -0.4 is 0 Å². The van der Waals surface area contributed by atoms with Crippen molar-refractivity contribution >= 4 is 17.9 Å². The largest absolute Gasteiger partial charge is 0.463 e. The summed E-state index contributed by atoms with van der Waals surface area (Å²) in [6.45, 7) is 10.4. The van der Waals surface area contributed by atoms with Gasteiger partial charge in [0.1, 0.15) is 18.3 Å². The predicted octanol–water partition coefficient (Wildman–Crippen LogP) is 2.71. The second-order valence-electron chi connectivity index (χ2n) is 6.91. The van der Waals surface area contributed by atoms with E-state index >= 15 is 0 Å². The van der Waals surface area contributed by atoms with Gasteiger partial charge in [-0.05, 0) is 31.3 Å². The van der Waals surface area contributed by atoms with Crippen molar-refractivity contribution in [1.29, 1.82) is 0 Å². The molecule has 1 aliphatic carbocycles. The number of hydrogen-bond donors (Lipinski definition) is 0. The second kappa shape index (κ2) is 7.85. The van der Waals surface area contributed by atoms with Gasteiger partial charge in [-0.2, -0.15) is 0 Å². The highest BCUT2D eigenvalue weighted by molar-refractivity contribution is 5.90. The van der Waals surface area contributed by atoms with Crippen LogP contribution >= 0.6 is 0 Å². The molecule has 0 bridgehead atoms. The third-order valence-corrected chi connectivity index (χ3v) is 4.77. The zero-order valence-electron chi connectivity index (χ0n) is 15.2. The van der Waals surface area contributed by atoms with Crippen molar-refractivity contribution in [3.05, 3.63) is 23.8 Å². The van der Waals surface area contributed by atoms with Gasteiger partial charge in [0, 0.05) is 31.8 Å². The van der Waals surface area contributed by atoms with Crippen LogP contribution in [0.5, 0.6) is 0 Å². The van der Waals surface area contributed by atoms with Gasteiger partial charge >= 0.3 is 17.9 Å². The molecule has 2 aliphatic rings. The van der Waals surface area contributed by atoms with Crippen molar-refractivity contribution < 1.29 is 28.6 Å². The summed E-state index contributed by atoms with van der Waals surface area (Å²) in [4.78, 5) is 34.4. The first-order valence-corrected chi connectivity index (χ1v) is 8.63. The SMILES string of the molecule is C=C1C(=O)OC2CC(C)C(C(CC(C)OC(C)=O)OC(C)=O)=CCC12. The highest BCUT2D eigenvalue weighted by Crippen LogP contribution is 2.40. The van der Waals surface area contributed by atoms with Gasteiger partial charge in [0.15, 0.2) is 0 Å². The van der Waals surface area contributed by atoms with Gasteiger partial charge in [-0.1, -0.05) is 19.6 Å². The maximum Gasteiger partial charge on any atom is 0.334 e. The van der Waals surface area contributed by atoms with E-state index in [9.17, 15) is 14.4 Å². The maximum atomic E-state index is 11.7. The van der Waals surface area contributed by atoms with Crippen LogP contribution in [0.1, 0.15) is 47.0 Å². The second-order valence-corrected chi connectivity index (χ2v) is 6.91. The summed E-state index contributed by atoms with van der Waals surface area (Å²) in [6, 6.07) is 0. The number of fused-ring (bicyclic) bond motifs is 1. The molecule has 0 N–H and O–H groups in total. The van der Waals surface area contributed by atoms with Crippen molar-refractivity contribution in [2.75, 3.05) is 0 Å². The lowest BCUT2D eigenvalue weighted by molar-refractivity contribution is -0.150. The first-order valence-electron chi connectivity index (χ1n) is 8.63. The molecule has 1 fully saturated rings. The fourth-order valence-corrected chi connectivity index (χ4v) is 3.66. The summed E-state index contributed by atoms with van der Waals surface area (Å²) >= 11 is 0. The number of esters is 3. The topological polar surface area (TPSA) is 78.9 Å². The van der Waals surface area contributed by atoms with Crippen molar-refractivity contribution in [2.45, 2.75) is 65.3 Å². The highest BCUT2D eigenvalue weighted by atomic mass is 16.6. The molecular weight excluding hydrogens is 324 g/mol. The predicted molar refractivity (Wildman–Crippen MR) is 90.4 cm³/mol. The van der Waals surface area contributed by atoms with E-state index in [-0.39, 0.29) is 42.0 Å². The Balaban J connectivity index is 2.18. The smallest absolute Gasteiger partial charge is 0.334 e. The van der Waals surface area contributed by atoms with E-state index in [0.29, 0.717) is 24.8 Å². The third-order valence-electron chi connectivity index (χ3n) is 4.77. The fraction of sp³-hybridized carbons (Fsp3) is 0.632. The van der Waals surface area contributed by atoms with Crippen LogP contribution in [-0.4, -0.2) is 36.2 Å². The molecule has 1 aliphatic heterocycles. The summed E-state index contributed by atoms with van der Waals surface area (Å²) < 4.78 is 16.1. The lowest BCUT2D eigenvalue weighted by Crippen LogP contribution is -2.29. The van der Waals surface area contributed by atoms with Gasteiger partial charge in [-0.3, -0.25) is 9.59 Å². The molecule has 0 aromatic heterocycles. The van der Waals surface area contributed by atoms with E-state index < -0.39 is 6.10 Å². The molecule has 0 amide bonds. The van der Waals surface area contributed by atoms with E-state index in [1.165, 1.54) is 13.8 Å². The molecule has 25 heavy (non-hydrogen) atoms. The van der Waals surface area contributed by atoms with Gasteiger partial charge in [0.2, 0.25) is 0 Å². The molecular formula is C19H26O6. The van der Waals surface area contributed by atoms with Gasteiger partial charge in [0.05, 0.1) is 0 Å². The zero-order valence-corrected chi connectivity index (χ0v) is 15.2. The number of rotatable bonds is 5. The average molecular weight is 350 g/mol. The van der Waals surface area contributed by atoms with E-state index in [0.717, 1.165) is 5.57 Å². The Kier molecular flexibility index (Phi) is 6.03. The fourth-order valence-electron chi connectivity index (χ4n) is 3.66. The monoisotopic (exact) mass is 350 g/mol. The Hall–Kier alpha value is -2.11. The Bertz CT molecular complexity index is 605. The van der Waals surface area contributed by atoms with E-state index in [4.69, 9.17) is 14.2 Å². The van der Waals surface area contributed by atoms with Crippen LogP contribution in [0.25, 0.3) is 0 Å². The molecule has 138 valence electrons. The first kappa shape index (κ1) is 19.2. The molecule has 5 atom stereocenters. The third kappa shape index (κ3) is 4.71. The number of carbonyl (C=O) groups is 3. The Morgan fingerprint density at radius 1 is 1.32 bits per heavy atom. The van der Waals surface area contributed by atoms with Crippen molar-refractivity contribution in [2.24, 2.45) is 11.8 Å². The van der Waals surface area contributed by atoms with Gasteiger partial charge in [0.25, 0.3) is 0 Å².